The first-order valence-electron chi connectivity index (χ1n) is 6.48. The molecule has 21 heavy (non-hydrogen) atoms. The lowest BCUT2D eigenvalue weighted by atomic mass is 10.2. The maximum atomic E-state index is 2.96. The maximum Gasteiger partial charge on any atom is 0.0255 e. The van der Waals surface area contributed by atoms with Gasteiger partial charge in [0.05, 0.1) is 0 Å². The molecule has 0 aliphatic carbocycles. The van der Waals surface area contributed by atoms with Gasteiger partial charge in [-0.15, -0.1) is 0 Å². The molecule has 0 saturated heterocycles. The lowest BCUT2D eigenvalue weighted by Gasteiger charge is -1.89. The smallest absolute Gasteiger partial charge is 0.0255 e. The zero-order valence-corrected chi connectivity index (χ0v) is 11.7. The largest absolute Gasteiger partial charge is 0.0622 e. The highest BCUT2D eigenvalue weighted by Crippen LogP contribution is 2.00. The van der Waals surface area contributed by atoms with Crippen LogP contribution >= 0.6 is 0 Å². The SMILES string of the molecule is Cc1ccc(C#CC#CC#CC#Cc2ccccc2)cc1. The molecule has 0 amide bonds. The van der Waals surface area contributed by atoms with Crippen LogP contribution in [0.2, 0.25) is 0 Å². The molecule has 96 valence electrons. The Morgan fingerprint density at radius 3 is 1.57 bits per heavy atom. The molecule has 0 atom stereocenters. The molecule has 0 aromatic heterocycles. The monoisotopic (exact) mass is 264 g/mol. The predicted molar refractivity (Wildman–Crippen MR) is 86.9 cm³/mol. The molecule has 0 nitrogen and oxygen atoms in total. The maximum absolute atomic E-state index is 2.96. The Labute approximate surface area is 126 Å². The molecule has 0 saturated carbocycles. The van der Waals surface area contributed by atoms with Crippen LogP contribution in [0, 0.1) is 54.3 Å². The van der Waals surface area contributed by atoms with E-state index < -0.39 is 0 Å². The Kier molecular flexibility index (Phi) is 5.35. The minimum Gasteiger partial charge on any atom is -0.0622 e. The molecule has 2 aromatic rings. The molecule has 2 aromatic carbocycles. The topological polar surface area (TPSA) is 0 Å². The summed E-state index contributed by atoms with van der Waals surface area (Å²) in [5.74, 6) is 22.1. The number of benzene rings is 2. The van der Waals surface area contributed by atoms with Crippen LogP contribution in [0.4, 0.5) is 0 Å². The van der Waals surface area contributed by atoms with Crippen LogP contribution in [-0.4, -0.2) is 0 Å². The van der Waals surface area contributed by atoms with E-state index in [1.807, 2.05) is 61.5 Å². The van der Waals surface area contributed by atoms with Gasteiger partial charge < -0.3 is 0 Å². The second-order valence-electron chi connectivity index (χ2n) is 4.23. The molecule has 0 heteroatoms. The van der Waals surface area contributed by atoms with Crippen LogP contribution < -0.4 is 0 Å². The van der Waals surface area contributed by atoms with Crippen LogP contribution in [0.25, 0.3) is 0 Å². The Morgan fingerprint density at radius 1 is 0.524 bits per heavy atom. The highest BCUT2D eigenvalue weighted by molar-refractivity contribution is 5.46. The van der Waals surface area contributed by atoms with Crippen LogP contribution in [0.15, 0.2) is 54.6 Å². The molecule has 0 heterocycles. The van der Waals surface area contributed by atoms with E-state index in [-0.39, 0.29) is 0 Å². The minimum atomic E-state index is 0.943. The lowest BCUT2D eigenvalue weighted by molar-refractivity contribution is 1.46. The van der Waals surface area contributed by atoms with Gasteiger partial charge in [0.2, 0.25) is 0 Å². The normalized spacial score (nSPS) is 7.67. The predicted octanol–water partition coefficient (Wildman–Crippen LogP) is 3.41. The van der Waals surface area contributed by atoms with E-state index in [1.165, 1.54) is 5.56 Å². The molecule has 0 bridgehead atoms. The molecule has 0 aliphatic heterocycles. The van der Waals surface area contributed by atoms with Crippen molar-refractivity contribution in [3.63, 3.8) is 0 Å². The molecular formula is C21H12. The van der Waals surface area contributed by atoms with Crippen molar-refractivity contribution in [1.82, 2.24) is 0 Å². The van der Waals surface area contributed by atoms with Crippen molar-refractivity contribution in [2.45, 2.75) is 6.92 Å². The van der Waals surface area contributed by atoms with Gasteiger partial charge in [-0.05, 0) is 66.7 Å². The lowest BCUT2D eigenvalue weighted by Crippen LogP contribution is -1.74. The summed E-state index contributed by atoms with van der Waals surface area (Å²) in [6.07, 6.45) is 0. The fourth-order valence-corrected chi connectivity index (χ4v) is 1.49. The van der Waals surface area contributed by atoms with Crippen molar-refractivity contribution >= 4 is 0 Å². The van der Waals surface area contributed by atoms with Gasteiger partial charge in [0, 0.05) is 11.1 Å². The first-order valence-corrected chi connectivity index (χ1v) is 6.48. The van der Waals surface area contributed by atoms with Crippen LogP contribution in [0.3, 0.4) is 0 Å². The van der Waals surface area contributed by atoms with Crippen molar-refractivity contribution < 1.29 is 0 Å². The zero-order chi connectivity index (χ0) is 14.8. The second-order valence-corrected chi connectivity index (χ2v) is 4.23. The summed E-state index contributed by atoms with van der Waals surface area (Å²) in [6.45, 7) is 2.04. The van der Waals surface area contributed by atoms with Gasteiger partial charge in [-0.25, -0.2) is 0 Å². The number of hydrogen-bond donors (Lipinski definition) is 0. The summed E-state index contributed by atoms with van der Waals surface area (Å²) < 4.78 is 0. The molecular weight excluding hydrogens is 252 g/mol. The third-order valence-electron chi connectivity index (χ3n) is 2.55. The second kappa shape index (κ2) is 7.97. The van der Waals surface area contributed by atoms with Gasteiger partial charge in [-0.1, -0.05) is 47.7 Å². The Hall–Kier alpha value is -3.32. The van der Waals surface area contributed by atoms with Crippen LogP contribution in [-0.2, 0) is 0 Å². The van der Waals surface area contributed by atoms with Crippen molar-refractivity contribution in [2.75, 3.05) is 0 Å². The molecule has 0 N–H and O–H groups in total. The van der Waals surface area contributed by atoms with E-state index in [2.05, 4.69) is 47.4 Å². The summed E-state index contributed by atoms with van der Waals surface area (Å²) in [5, 5.41) is 0. The summed E-state index contributed by atoms with van der Waals surface area (Å²) in [5.41, 5.74) is 3.11. The Morgan fingerprint density at radius 2 is 1.00 bits per heavy atom. The quantitative estimate of drug-likeness (QED) is 0.640. The molecule has 0 aliphatic rings. The minimum absolute atomic E-state index is 0.943. The zero-order valence-electron chi connectivity index (χ0n) is 11.7. The van der Waals surface area contributed by atoms with Gasteiger partial charge in [-0.3, -0.25) is 0 Å². The van der Waals surface area contributed by atoms with Crippen molar-refractivity contribution in [3.05, 3.63) is 71.3 Å². The molecule has 0 fully saturated rings. The molecule has 0 unspecified atom stereocenters. The van der Waals surface area contributed by atoms with E-state index in [0.29, 0.717) is 0 Å². The van der Waals surface area contributed by atoms with E-state index in [0.717, 1.165) is 11.1 Å². The fourth-order valence-electron chi connectivity index (χ4n) is 1.49. The van der Waals surface area contributed by atoms with E-state index in [4.69, 9.17) is 0 Å². The molecule has 0 spiro atoms. The highest BCUT2D eigenvalue weighted by Gasteiger charge is 1.84. The summed E-state index contributed by atoms with van der Waals surface area (Å²) >= 11 is 0. The third kappa shape index (κ3) is 5.45. The third-order valence-corrected chi connectivity index (χ3v) is 2.55. The number of aryl methyl sites for hydroxylation is 1. The summed E-state index contributed by atoms with van der Waals surface area (Å²) in [6, 6.07) is 17.7. The average molecular weight is 264 g/mol. The van der Waals surface area contributed by atoms with Crippen molar-refractivity contribution in [3.8, 4) is 47.4 Å². The van der Waals surface area contributed by atoms with Crippen LogP contribution in [0.5, 0.6) is 0 Å². The Bertz CT molecular complexity index is 838. The average Bonchev–Trinajstić information content (AvgIpc) is 2.53. The van der Waals surface area contributed by atoms with Gasteiger partial charge in [0.15, 0.2) is 0 Å². The van der Waals surface area contributed by atoms with Gasteiger partial charge in [0.25, 0.3) is 0 Å². The van der Waals surface area contributed by atoms with Gasteiger partial charge in [0.1, 0.15) is 0 Å². The first-order chi connectivity index (χ1) is 10.3. The summed E-state index contributed by atoms with van der Waals surface area (Å²) in [7, 11) is 0. The first kappa shape index (κ1) is 14.1. The standard InChI is InChI=1S/C21H12/c1-19-15-17-21(18-16-19)14-8-5-3-2-4-7-11-20-12-9-6-10-13-20/h6,9-10,12-13,15-18H,1H3. The van der Waals surface area contributed by atoms with E-state index >= 15 is 0 Å². The number of rotatable bonds is 0. The van der Waals surface area contributed by atoms with Gasteiger partial charge in [-0.2, -0.15) is 0 Å². The van der Waals surface area contributed by atoms with Crippen molar-refractivity contribution in [1.29, 1.82) is 0 Å². The van der Waals surface area contributed by atoms with Crippen LogP contribution in [0.1, 0.15) is 16.7 Å². The summed E-state index contributed by atoms with van der Waals surface area (Å²) in [4.78, 5) is 0. The van der Waals surface area contributed by atoms with E-state index in [9.17, 15) is 0 Å². The molecule has 2 rings (SSSR count). The number of hydrogen-bond acceptors (Lipinski definition) is 0. The van der Waals surface area contributed by atoms with Gasteiger partial charge >= 0.3 is 0 Å². The fraction of sp³-hybridized carbons (Fsp3) is 0.0476. The Balaban J connectivity index is 1.93. The molecule has 0 radical (unpaired) electrons. The van der Waals surface area contributed by atoms with E-state index in [1.54, 1.807) is 0 Å². The van der Waals surface area contributed by atoms with Crippen molar-refractivity contribution in [2.24, 2.45) is 0 Å². The highest BCUT2D eigenvalue weighted by atomic mass is 13.9.